The van der Waals surface area contributed by atoms with Crippen molar-refractivity contribution < 1.29 is 14.1 Å². The van der Waals surface area contributed by atoms with Crippen LogP contribution in [-0.2, 0) is 9.31 Å². The van der Waals surface area contributed by atoms with Crippen molar-refractivity contribution in [3.05, 3.63) is 29.8 Å². The van der Waals surface area contributed by atoms with Gasteiger partial charge in [-0.1, -0.05) is 26.0 Å². The molecule has 1 saturated heterocycles. The molecule has 0 radical (unpaired) electrons. The molecule has 0 atom stereocenters. The molecule has 2 rings (SSSR count). The largest absolute Gasteiger partial charge is 0.493 e. The molecule has 120 valence electrons. The molecule has 1 amide bonds. The summed E-state index contributed by atoms with van der Waals surface area (Å²) in [5.74, 6) is -0.0378. The normalized spacial score (nSPS) is 15.1. The number of nitrogens with zero attached hydrogens (tertiary/aromatic N) is 1. The average Bonchev–Trinajstić information content (AvgIpc) is 2.59. The minimum Gasteiger partial charge on any atom is -0.407 e. The Morgan fingerprint density at radius 1 is 1.18 bits per heavy atom. The number of nitrogens with one attached hydrogen (secondary N) is 1. The molecular formula is C16H25BN2O3. The van der Waals surface area contributed by atoms with Crippen molar-refractivity contribution in [2.24, 2.45) is 0 Å². The first-order valence-electron chi connectivity index (χ1n) is 8.08. The smallest absolute Gasteiger partial charge is 0.407 e. The van der Waals surface area contributed by atoms with Crippen LogP contribution in [0.15, 0.2) is 24.3 Å². The van der Waals surface area contributed by atoms with E-state index in [1.54, 1.807) is 0 Å². The second-order valence-corrected chi connectivity index (χ2v) is 5.33. The van der Waals surface area contributed by atoms with Crippen LogP contribution in [0.3, 0.4) is 0 Å². The molecule has 1 heterocycles. The van der Waals surface area contributed by atoms with Gasteiger partial charge in [-0.15, -0.1) is 0 Å². The summed E-state index contributed by atoms with van der Waals surface area (Å²) in [5.41, 5.74) is 1.62. The highest BCUT2D eigenvalue weighted by molar-refractivity contribution is 6.61. The van der Waals surface area contributed by atoms with Gasteiger partial charge in [0.05, 0.1) is 0 Å². The van der Waals surface area contributed by atoms with Crippen molar-refractivity contribution in [1.82, 2.24) is 10.2 Å². The van der Waals surface area contributed by atoms with Crippen LogP contribution < -0.4 is 10.8 Å². The van der Waals surface area contributed by atoms with E-state index < -0.39 is 0 Å². The van der Waals surface area contributed by atoms with Gasteiger partial charge >= 0.3 is 7.12 Å². The van der Waals surface area contributed by atoms with E-state index in [2.05, 4.69) is 24.1 Å². The summed E-state index contributed by atoms with van der Waals surface area (Å²) in [5, 5.41) is 2.95. The number of carbonyl (C=O) groups excluding carboxylic acids is 1. The average molecular weight is 304 g/mol. The topological polar surface area (TPSA) is 50.8 Å². The van der Waals surface area contributed by atoms with Crippen LogP contribution in [0.2, 0.25) is 0 Å². The van der Waals surface area contributed by atoms with Gasteiger partial charge in [0.15, 0.2) is 0 Å². The van der Waals surface area contributed by atoms with Crippen molar-refractivity contribution in [1.29, 1.82) is 0 Å². The van der Waals surface area contributed by atoms with E-state index in [4.69, 9.17) is 9.31 Å². The van der Waals surface area contributed by atoms with Gasteiger partial charge in [-0.25, -0.2) is 0 Å². The highest BCUT2D eigenvalue weighted by Crippen LogP contribution is 2.04. The molecule has 0 unspecified atom stereocenters. The molecule has 0 aliphatic carbocycles. The number of benzene rings is 1. The Labute approximate surface area is 133 Å². The maximum atomic E-state index is 12.1. The zero-order valence-electron chi connectivity index (χ0n) is 13.5. The van der Waals surface area contributed by atoms with E-state index in [0.717, 1.165) is 44.7 Å². The zero-order chi connectivity index (χ0) is 15.8. The number of hydrogen-bond acceptors (Lipinski definition) is 4. The van der Waals surface area contributed by atoms with Crippen LogP contribution in [0.4, 0.5) is 0 Å². The lowest BCUT2D eigenvalue weighted by Gasteiger charge is -2.20. The van der Waals surface area contributed by atoms with Gasteiger partial charge < -0.3 is 19.5 Å². The van der Waals surface area contributed by atoms with Gasteiger partial charge in [-0.05, 0) is 37.1 Å². The molecule has 0 spiro atoms. The van der Waals surface area contributed by atoms with Crippen LogP contribution >= 0.6 is 0 Å². The monoisotopic (exact) mass is 304 g/mol. The van der Waals surface area contributed by atoms with E-state index in [1.165, 1.54) is 0 Å². The minimum atomic E-state index is -0.298. The van der Waals surface area contributed by atoms with Crippen molar-refractivity contribution >= 4 is 18.5 Å². The molecule has 1 aromatic rings. The third-order valence-corrected chi connectivity index (χ3v) is 3.88. The van der Waals surface area contributed by atoms with Crippen molar-refractivity contribution in [3.8, 4) is 0 Å². The Balaban J connectivity index is 1.82. The summed E-state index contributed by atoms with van der Waals surface area (Å²) in [6.07, 6.45) is 0.934. The van der Waals surface area contributed by atoms with E-state index in [0.29, 0.717) is 12.1 Å². The summed E-state index contributed by atoms with van der Waals surface area (Å²) < 4.78 is 11.1. The Bertz CT molecular complexity index is 457. The summed E-state index contributed by atoms with van der Waals surface area (Å²) in [4.78, 5) is 14.4. The Kier molecular flexibility index (Phi) is 6.90. The highest BCUT2D eigenvalue weighted by atomic mass is 16.6. The van der Waals surface area contributed by atoms with Crippen LogP contribution in [0.25, 0.3) is 0 Å². The Morgan fingerprint density at radius 3 is 2.41 bits per heavy atom. The van der Waals surface area contributed by atoms with E-state index in [1.807, 2.05) is 24.3 Å². The molecule has 1 N–H and O–H groups in total. The second kappa shape index (κ2) is 8.93. The zero-order valence-corrected chi connectivity index (χ0v) is 13.5. The third-order valence-electron chi connectivity index (χ3n) is 3.88. The lowest BCUT2D eigenvalue weighted by molar-refractivity contribution is 0.0949. The first-order valence-corrected chi connectivity index (χ1v) is 8.08. The molecule has 6 heteroatoms. The minimum absolute atomic E-state index is 0.0378. The maximum absolute atomic E-state index is 12.1. The predicted molar refractivity (Wildman–Crippen MR) is 88.5 cm³/mol. The van der Waals surface area contributed by atoms with Crippen LogP contribution in [0.5, 0.6) is 0 Å². The highest BCUT2D eigenvalue weighted by Gasteiger charge is 2.24. The van der Waals surface area contributed by atoms with Gasteiger partial charge in [0.25, 0.3) is 5.91 Å². The van der Waals surface area contributed by atoms with Gasteiger partial charge in [0.1, 0.15) is 0 Å². The van der Waals surface area contributed by atoms with E-state index in [9.17, 15) is 4.79 Å². The molecular weight excluding hydrogens is 279 g/mol. The van der Waals surface area contributed by atoms with Crippen LogP contribution in [0, 0.1) is 0 Å². The molecule has 1 aliphatic rings. The maximum Gasteiger partial charge on any atom is 0.493 e. The molecule has 0 aromatic heterocycles. The molecule has 1 aromatic carbocycles. The number of carbonyl (C=O) groups is 1. The molecule has 1 aliphatic heterocycles. The van der Waals surface area contributed by atoms with Gasteiger partial charge in [-0.2, -0.15) is 0 Å². The fourth-order valence-corrected chi connectivity index (χ4v) is 2.44. The summed E-state index contributed by atoms with van der Waals surface area (Å²) in [6, 6.07) is 7.44. The van der Waals surface area contributed by atoms with Crippen LogP contribution in [-0.4, -0.2) is 57.3 Å². The standard InChI is InChI=1S/C16H25BN2O3/c1-3-19(4-2)11-10-18-16(20)14-6-8-15(9-7-14)17-21-12-5-13-22-17/h6-9H,3-5,10-13H2,1-2H3,(H,18,20). The number of likely N-dealkylation sites (N-methyl/N-ethyl adjacent to an activating group) is 1. The van der Waals surface area contributed by atoms with Crippen molar-refractivity contribution in [2.75, 3.05) is 39.4 Å². The second-order valence-electron chi connectivity index (χ2n) is 5.33. The summed E-state index contributed by atoms with van der Waals surface area (Å²) in [6.45, 7) is 9.23. The van der Waals surface area contributed by atoms with Crippen LogP contribution in [0.1, 0.15) is 30.6 Å². The Morgan fingerprint density at radius 2 is 1.82 bits per heavy atom. The molecule has 5 nitrogen and oxygen atoms in total. The molecule has 1 fully saturated rings. The van der Waals surface area contributed by atoms with E-state index in [-0.39, 0.29) is 13.0 Å². The number of rotatable bonds is 7. The fourth-order valence-electron chi connectivity index (χ4n) is 2.44. The first-order chi connectivity index (χ1) is 10.7. The number of hydrogen-bond donors (Lipinski definition) is 1. The fraction of sp³-hybridized carbons (Fsp3) is 0.562. The Hall–Kier alpha value is -1.37. The number of amides is 1. The van der Waals surface area contributed by atoms with Gasteiger partial charge in [0, 0.05) is 31.9 Å². The molecule has 0 bridgehead atoms. The SMILES string of the molecule is CCN(CC)CCNC(=O)c1ccc(B2OCCCO2)cc1. The third kappa shape index (κ3) is 4.83. The molecule has 22 heavy (non-hydrogen) atoms. The quantitative estimate of drug-likeness (QED) is 0.760. The van der Waals surface area contributed by atoms with E-state index >= 15 is 0 Å². The predicted octanol–water partition coefficient (Wildman–Crippen LogP) is 0.890. The van der Waals surface area contributed by atoms with Gasteiger partial charge in [-0.3, -0.25) is 4.79 Å². The summed E-state index contributed by atoms with van der Waals surface area (Å²) >= 11 is 0. The summed E-state index contributed by atoms with van der Waals surface area (Å²) in [7, 11) is -0.298. The first kappa shape index (κ1) is 17.0. The molecule has 0 saturated carbocycles. The lowest BCUT2D eigenvalue weighted by Crippen LogP contribution is -2.41. The van der Waals surface area contributed by atoms with Crippen molar-refractivity contribution in [3.63, 3.8) is 0 Å². The lowest BCUT2D eigenvalue weighted by atomic mass is 9.78. The van der Waals surface area contributed by atoms with Gasteiger partial charge in [0.2, 0.25) is 0 Å². The van der Waals surface area contributed by atoms with Crippen molar-refractivity contribution in [2.45, 2.75) is 20.3 Å².